The van der Waals surface area contributed by atoms with Gasteiger partial charge in [-0.15, -0.1) is 0 Å². The first-order valence-corrected chi connectivity index (χ1v) is 13.3. The average molecular weight is 469 g/mol. The second kappa shape index (κ2) is 9.27. The Morgan fingerprint density at radius 3 is 2.37 bits per heavy atom. The number of piperidine rings is 1. The summed E-state index contributed by atoms with van der Waals surface area (Å²) in [5.74, 6) is 0.495. The highest BCUT2D eigenvalue weighted by Gasteiger charge is 2.58. The van der Waals surface area contributed by atoms with Crippen molar-refractivity contribution in [3.05, 3.63) is 78.0 Å². The summed E-state index contributed by atoms with van der Waals surface area (Å²) in [4.78, 5) is 15.7. The van der Waals surface area contributed by atoms with Crippen LogP contribution in [-0.2, 0) is 16.8 Å². The van der Waals surface area contributed by atoms with E-state index < -0.39 is 0 Å². The molecule has 3 aliphatic rings. The fourth-order valence-electron chi connectivity index (χ4n) is 6.74. The molecule has 1 atom stereocenters. The van der Waals surface area contributed by atoms with Crippen molar-refractivity contribution < 1.29 is 4.79 Å². The van der Waals surface area contributed by atoms with Crippen molar-refractivity contribution >= 4 is 5.91 Å². The standard InChI is InChI=1S/C30H36N4O/c35-28(31-22-30(13-7-8-14-30)25-11-5-2-6-12-25)26-19-29(26)15-17-34(18-16-29)21-24-20-32-33-27(24)23-9-3-1-4-10-23/h1-6,9-12,20,26H,7-8,13-19,21-22H2,(H,31,35)(H,32,33)/t26-/m0/s1. The third-order valence-corrected chi connectivity index (χ3v) is 9.08. The number of hydrogen-bond donors (Lipinski definition) is 2. The lowest BCUT2D eigenvalue weighted by Crippen LogP contribution is -2.41. The predicted octanol–water partition coefficient (Wildman–Crippen LogP) is 5.31. The molecule has 0 bridgehead atoms. The SMILES string of the molecule is O=C(NCC1(c2ccccc2)CCCC1)[C@@H]1CC12CCN(Cc1cn[nH]c1-c1ccccc1)CC2. The van der Waals surface area contributed by atoms with E-state index in [1.807, 2.05) is 12.3 Å². The minimum Gasteiger partial charge on any atom is -0.355 e. The van der Waals surface area contributed by atoms with Crippen molar-refractivity contribution in [3.63, 3.8) is 0 Å². The lowest BCUT2D eigenvalue weighted by atomic mass is 9.78. The van der Waals surface area contributed by atoms with Crippen molar-refractivity contribution in [1.82, 2.24) is 20.4 Å². The van der Waals surface area contributed by atoms with Crippen LogP contribution in [0.1, 0.15) is 56.1 Å². The first-order chi connectivity index (χ1) is 17.2. The molecule has 6 rings (SSSR count). The van der Waals surface area contributed by atoms with Crippen LogP contribution in [0.15, 0.2) is 66.9 Å². The molecule has 1 amide bonds. The zero-order valence-electron chi connectivity index (χ0n) is 20.5. The Labute approximate surface area is 208 Å². The fourth-order valence-corrected chi connectivity index (χ4v) is 6.74. The second-order valence-corrected chi connectivity index (χ2v) is 11.1. The van der Waals surface area contributed by atoms with Gasteiger partial charge in [0, 0.05) is 30.0 Å². The molecule has 1 spiro atoms. The Bertz CT molecular complexity index is 1140. The van der Waals surface area contributed by atoms with Gasteiger partial charge in [0.25, 0.3) is 0 Å². The normalized spacial score (nSPS) is 22.8. The molecule has 3 aromatic rings. The zero-order chi connectivity index (χ0) is 23.7. The summed E-state index contributed by atoms with van der Waals surface area (Å²) in [7, 11) is 0. The van der Waals surface area contributed by atoms with Gasteiger partial charge < -0.3 is 5.32 Å². The summed E-state index contributed by atoms with van der Waals surface area (Å²) in [6, 6.07) is 21.3. The van der Waals surface area contributed by atoms with Gasteiger partial charge in [0.05, 0.1) is 11.9 Å². The number of nitrogens with zero attached hydrogens (tertiary/aromatic N) is 2. The quantitative estimate of drug-likeness (QED) is 0.494. The molecule has 1 saturated heterocycles. The second-order valence-electron chi connectivity index (χ2n) is 11.1. The summed E-state index contributed by atoms with van der Waals surface area (Å²) in [6.07, 6.45) is 10.1. The molecule has 2 heterocycles. The molecule has 0 radical (unpaired) electrons. The third kappa shape index (κ3) is 4.42. The van der Waals surface area contributed by atoms with Gasteiger partial charge in [-0.3, -0.25) is 14.8 Å². The van der Waals surface area contributed by atoms with E-state index in [2.05, 4.69) is 75.0 Å². The van der Waals surface area contributed by atoms with E-state index in [9.17, 15) is 4.79 Å². The van der Waals surface area contributed by atoms with Gasteiger partial charge in [0.2, 0.25) is 5.91 Å². The molecule has 3 fully saturated rings. The Morgan fingerprint density at radius 1 is 0.971 bits per heavy atom. The monoisotopic (exact) mass is 468 g/mol. The van der Waals surface area contributed by atoms with Gasteiger partial charge in [-0.05, 0) is 61.7 Å². The molecule has 2 N–H and O–H groups in total. The van der Waals surface area contributed by atoms with E-state index in [0.717, 1.165) is 51.1 Å². The topological polar surface area (TPSA) is 61.0 Å². The van der Waals surface area contributed by atoms with Crippen LogP contribution in [0.3, 0.4) is 0 Å². The van der Waals surface area contributed by atoms with E-state index in [0.29, 0.717) is 5.91 Å². The highest BCUT2D eigenvalue weighted by molar-refractivity contribution is 5.82. The molecule has 5 nitrogen and oxygen atoms in total. The largest absolute Gasteiger partial charge is 0.355 e. The predicted molar refractivity (Wildman–Crippen MR) is 139 cm³/mol. The molecule has 182 valence electrons. The molecular formula is C30H36N4O. The molecule has 5 heteroatoms. The van der Waals surface area contributed by atoms with Crippen molar-refractivity contribution in [2.45, 2.75) is 56.9 Å². The number of rotatable bonds is 7. The zero-order valence-corrected chi connectivity index (χ0v) is 20.5. The van der Waals surface area contributed by atoms with Gasteiger partial charge in [-0.1, -0.05) is 73.5 Å². The third-order valence-electron chi connectivity index (χ3n) is 9.08. The number of carbonyl (C=O) groups excluding carboxylic acids is 1. The Balaban J connectivity index is 1.03. The smallest absolute Gasteiger partial charge is 0.223 e. The molecule has 0 unspecified atom stereocenters. The maximum Gasteiger partial charge on any atom is 0.223 e. The van der Waals surface area contributed by atoms with Crippen molar-refractivity contribution in [3.8, 4) is 11.3 Å². The molecule has 2 aliphatic carbocycles. The highest BCUT2D eigenvalue weighted by atomic mass is 16.2. The van der Waals surface area contributed by atoms with Crippen molar-refractivity contribution in [2.75, 3.05) is 19.6 Å². The molecule has 2 aromatic carbocycles. The number of nitrogens with one attached hydrogen (secondary N) is 2. The van der Waals surface area contributed by atoms with Crippen LogP contribution in [0.4, 0.5) is 0 Å². The van der Waals surface area contributed by atoms with Gasteiger partial charge in [0.15, 0.2) is 0 Å². The van der Waals surface area contributed by atoms with Crippen LogP contribution >= 0.6 is 0 Å². The number of amides is 1. The van der Waals surface area contributed by atoms with E-state index >= 15 is 0 Å². The summed E-state index contributed by atoms with van der Waals surface area (Å²) in [5.41, 5.74) is 5.31. The maximum atomic E-state index is 13.2. The van der Waals surface area contributed by atoms with Gasteiger partial charge >= 0.3 is 0 Å². The van der Waals surface area contributed by atoms with E-state index in [1.165, 1.54) is 42.4 Å². The maximum absolute atomic E-state index is 13.2. The number of hydrogen-bond acceptors (Lipinski definition) is 3. The molecule has 1 aromatic heterocycles. The molecular weight excluding hydrogens is 432 g/mol. The van der Waals surface area contributed by atoms with Crippen LogP contribution in [0, 0.1) is 11.3 Å². The Morgan fingerprint density at radius 2 is 1.66 bits per heavy atom. The van der Waals surface area contributed by atoms with Gasteiger partial charge in [-0.2, -0.15) is 5.10 Å². The number of aromatic amines is 1. The van der Waals surface area contributed by atoms with Crippen molar-refractivity contribution in [1.29, 1.82) is 0 Å². The minimum atomic E-state index is 0.128. The highest BCUT2D eigenvalue weighted by Crippen LogP contribution is 2.59. The van der Waals surface area contributed by atoms with E-state index in [4.69, 9.17) is 0 Å². The van der Waals surface area contributed by atoms with Crippen LogP contribution in [0.5, 0.6) is 0 Å². The first kappa shape index (κ1) is 22.5. The van der Waals surface area contributed by atoms with Crippen LogP contribution < -0.4 is 5.32 Å². The number of benzene rings is 2. The lowest BCUT2D eigenvalue weighted by molar-refractivity contribution is -0.123. The van der Waals surface area contributed by atoms with Crippen LogP contribution in [-0.4, -0.2) is 40.6 Å². The average Bonchev–Trinajstić information content (AvgIpc) is 3.23. The lowest BCUT2D eigenvalue weighted by Gasteiger charge is -2.33. The summed E-state index contributed by atoms with van der Waals surface area (Å²) >= 11 is 0. The fraction of sp³-hybridized carbons (Fsp3) is 0.467. The van der Waals surface area contributed by atoms with E-state index in [-0.39, 0.29) is 16.7 Å². The number of carbonyl (C=O) groups is 1. The van der Waals surface area contributed by atoms with E-state index in [1.54, 1.807) is 0 Å². The van der Waals surface area contributed by atoms with Crippen LogP contribution in [0.25, 0.3) is 11.3 Å². The molecule has 1 aliphatic heterocycles. The summed E-state index contributed by atoms with van der Waals surface area (Å²) in [5, 5.41) is 10.9. The number of H-pyrrole nitrogens is 1. The summed E-state index contributed by atoms with van der Waals surface area (Å²) < 4.78 is 0. The summed E-state index contributed by atoms with van der Waals surface area (Å²) in [6.45, 7) is 3.80. The minimum absolute atomic E-state index is 0.128. The van der Waals surface area contributed by atoms with Gasteiger partial charge in [-0.25, -0.2) is 0 Å². The van der Waals surface area contributed by atoms with Crippen LogP contribution in [0.2, 0.25) is 0 Å². The Hall–Kier alpha value is -2.92. The number of aromatic nitrogens is 2. The Kier molecular flexibility index (Phi) is 5.97. The molecule has 2 saturated carbocycles. The first-order valence-electron chi connectivity index (χ1n) is 13.3. The van der Waals surface area contributed by atoms with Crippen molar-refractivity contribution in [2.24, 2.45) is 11.3 Å². The molecule has 35 heavy (non-hydrogen) atoms. The number of likely N-dealkylation sites (tertiary alicyclic amines) is 1. The van der Waals surface area contributed by atoms with Gasteiger partial charge in [0.1, 0.15) is 0 Å².